The molecule has 0 spiro atoms. The van der Waals surface area contributed by atoms with Crippen molar-refractivity contribution in [1.82, 2.24) is 0 Å². The second-order valence-corrected chi connectivity index (χ2v) is 5.80. The van der Waals surface area contributed by atoms with Gasteiger partial charge in [-0.2, -0.15) is 0 Å². The lowest BCUT2D eigenvalue weighted by Gasteiger charge is -2.31. The first kappa shape index (κ1) is 13.1. The van der Waals surface area contributed by atoms with Crippen LogP contribution in [0.5, 0.6) is 0 Å². The van der Waals surface area contributed by atoms with E-state index >= 15 is 0 Å². The van der Waals surface area contributed by atoms with E-state index in [1.54, 1.807) is 0 Å². The Balaban J connectivity index is 1.83. The number of hydrogen-bond donors (Lipinski definition) is 0. The number of rotatable bonds is 3. The summed E-state index contributed by atoms with van der Waals surface area (Å²) in [6.45, 7) is 1.08. The smallest absolute Gasteiger partial charge is 0.0796 e. The molecule has 0 aliphatic carbocycles. The summed E-state index contributed by atoms with van der Waals surface area (Å²) in [4.78, 5) is 2.54. The largest absolute Gasteiger partial charge is 0.360 e. The van der Waals surface area contributed by atoms with E-state index < -0.39 is 0 Å². The van der Waals surface area contributed by atoms with Crippen LogP contribution in [-0.2, 0) is 6.42 Å². The van der Waals surface area contributed by atoms with E-state index in [0.717, 1.165) is 13.0 Å². The van der Waals surface area contributed by atoms with Gasteiger partial charge in [0.05, 0.1) is 6.04 Å². The maximum atomic E-state index is 2.54. The maximum absolute atomic E-state index is 2.54. The molecule has 4 rings (SSSR count). The highest BCUT2D eigenvalue weighted by atomic mass is 15.2. The van der Waals surface area contributed by atoms with Gasteiger partial charge in [0.1, 0.15) is 0 Å². The minimum atomic E-state index is 0.283. The molecule has 0 saturated carbocycles. The summed E-state index contributed by atoms with van der Waals surface area (Å²) in [7, 11) is 0. The Bertz CT molecular complexity index is 710. The van der Waals surface area contributed by atoms with E-state index in [2.05, 4.69) is 89.8 Å². The first-order valence-electron chi connectivity index (χ1n) is 7.88. The second-order valence-electron chi connectivity index (χ2n) is 5.80. The Hall–Kier alpha value is -2.54. The molecule has 0 N–H and O–H groups in total. The number of para-hydroxylation sites is 1. The van der Waals surface area contributed by atoms with Gasteiger partial charge < -0.3 is 4.90 Å². The van der Waals surface area contributed by atoms with Crippen molar-refractivity contribution in [2.45, 2.75) is 12.5 Å². The van der Waals surface area contributed by atoms with Crippen molar-refractivity contribution < 1.29 is 0 Å². The lowest BCUT2D eigenvalue weighted by molar-refractivity contribution is 0.732. The third kappa shape index (κ3) is 2.29. The zero-order valence-corrected chi connectivity index (χ0v) is 12.5. The van der Waals surface area contributed by atoms with E-state index in [4.69, 9.17) is 0 Å². The lowest BCUT2D eigenvalue weighted by atomic mass is 9.97. The molecule has 0 bridgehead atoms. The van der Waals surface area contributed by atoms with Gasteiger partial charge in [0, 0.05) is 12.2 Å². The fourth-order valence-corrected chi connectivity index (χ4v) is 3.45. The van der Waals surface area contributed by atoms with Gasteiger partial charge in [-0.1, -0.05) is 78.9 Å². The van der Waals surface area contributed by atoms with Crippen molar-refractivity contribution in [3.05, 3.63) is 102 Å². The summed E-state index contributed by atoms with van der Waals surface area (Å²) < 4.78 is 0. The Morgan fingerprint density at radius 1 is 0.636 bits per heavy atom. The molecule has 0 amide bonds. The highest BCUT2D eigenvalue weighted by Gasteiger charge is 2.27. The first-order valence-corrected chi connectivity index (χ1v) is 7.88. The molecule has 1 heteroatoms. The Morgan fingerprint density at radius 3 is 1.82 bits per heavy atom. The zero-order valence-electron chi connectivity index (χ0n) is 12.5. The highest BCUT2D eigenvalue weighted by Crippen LogP contribution is 2.38. The van der Waals surface area contributed by atoms with Gasteiger partial charge in [0.2, 0.25) is 0 Å². The van der Waals surface area contributed by atoms with E-state index in [0.29, 0.717) is 0 Å². The van der Waals surface area contributed by atoms with Crippen LogP contribution in [0.1, 0.15) is 22.7 Å². The summed E-state index contributed by atoms with van der Waals surface area (Å²) in [5.41, 5.74) is 5.54. The fraction of sp³-hybridized carbons (Fsp3) is 0.143. The molecule has 3 aromatic rings. The van der Waals surface area contributed by atoms with Crippen LogP contribution in [0, 0.1) is 0 Å². The number of fused-ring (bicyclic) bond motifs is 1. The predicted octanol–water partition coefficient (Wildman–Crippen LogP) is 4.84. The molecule has 108 valence electrons. The minimum Gasteiger partial charge on any atom is -0.360 e. The van der Waals surface area contributed by atoms with Crippen LogP contribution in [0.3, 0.4) is 0 Å². The number of nitrogens with zero attached hydrogens (tertiary/aromatic N) is 1. The van der Waals surface area contributed by atoms with E-state index in [1.165, 1.54) is 22.4 Å². The van der Waals surface area contributed by atoms with Crippen molar-refractivity contribution in [1.29, 1.82) is 0 Å². The van der Waals surface area contributed by atoms with Crippen LogP contribution in [0.4, 0.5) is 5.69 Å². The summed E-state index contributed by atoms with van der Waals surface area (Å²) in [6.07, 6.45) is 1.13. The van der Waals surface area contributed by atoms with Crippen molar-refractivity contribution >= 4 is 5.69 Å². The van der Waals surface area contributed by atoms with E-state index in [1.807, 2.05) is 0 Å². The van der Waals surface area contributed by atoms with Crippen LogP contribution in [-0.4, -0.2) is 6.54 Å². The topological polar surface area (TPSA) is 3.24 Å². The molecule has 22 heavy (non-hydrogen) atoms. The monoisotopic (exact) mass is 285 g/mol. The molecule has 3 aromatic carbocycles. The molecule has 0 radical (unpaired) electrons. The van der Waals surface area contributed by atoms with Crippen molar-refractivity contribution in [3.63, 3.8) is 0 Å². The van der Waals surface area contributed by atoms with Crippen LogP contribution in [0.15, 0.2) is 84.9 Å². The zero-order chi connectivity index (χ0) is 14.8. The van der Waals surface area contributed by atoms with Crippen LogP contribution < -0.4 is 4.90 Å². The summed E-state index contributed by atoms with van der Waals surface area (Å²) >= 11 is 0. The number of anilines is 1. The number of hydrogen-bond acceptors (Lipinski definition) is 1. The summed E-state index contributed by atoms with van der Waals surface area (Å²) in [5.74, 6) is 0. The summed E-state index contributed by atoms with van der Waals surface area (Å²) in [5, 5.41) is 0. The molecule has 0 atom stereocenters. The normalized spacial score (nSPS) is 13.4. The molecule has 0 aromatic heterocycles. The van der Waals surface area contributed by atoms with Gasteiger partial charge in [0.15, 0.2) is 0 Å². The fourth-order valence-electron chi connectivity index (χ4n) is 3.45. The average Bonchev–Trinajstić information content (AvgIpc) is 3.01. The van der Waals surface area contributed by atoms with Crippen molar-refractivity contribution in [3.8, 4) is 0 Å². The Labute approximate surface area is 131 Å². The molecule has 0 fully saturated rings. The van der Waals surface area contributed by atoms with Gasteiger partial charge in [-0.25, -0.2) is 0 Å². The first-order chi connectivity index (χ1) is 10.9. The van der Waals surface area contributed by atoms with Gasteiger partial charge in [-0.3, -0.25) is 0 Å². The summed E-state index contributed by atoms with van der Waals surface area (Å²) in [6, 6.07) is 30.7. The molecular weight excluding hydrogens is 266 g/mol. The van der Waals surface area contributed by atoms with Crippen molar-refractivity contribution in [2.75, 3.05) is 11.4 Å². The van der Waals surface area contributed by atoms with Crippen molar-refractivity contribution in [2.24, 2.45) is 0 Å². The van der Waals surface area contributed by atoms with Gasteiger partial charge in [-0.15, -0.1) is 0 Å². The van der Waals surface area contributed by atoms with E-state index in [9.17, 15) is 0 Å². The van der Waals surface area contributed by atoms with Gasteiger partial charge in [0.25, 0.3) is 0 Å². The van der Waals surface area contributed by atoms with Crippen LogP contribution in [0.2, 0.25) is 0 Å². The van der Waals surface area contributed by atoms with Gasteiger partial charge >= 0.3 is 0 Å². The maximum Gasteiger partial charge on any atom is 0.0796 e. The third-order valence-corrected chi connectivity index (χ3v) is 4.47. The molecule has 1 nitrogen and oxygen atoms in total. The Morgan fingerprint density at radius 2 is 1.18 bits per heavy atom. The Kier molecular flexibility index (Phi) is 3.40. The highest BCUT2D eigenvalue weighted by molar-refractivity contribution is 5.61. The van der Waals surface area contributed by atoms with Gasteiger partial charge in [-0.05, 0) is 29.2 Å². The SMILES string of the molecule is c1ccc(C(c2ccccc2)N2CCc3ccccc32)cc1. The molecule has 1 aliphatic heterocycles. The second kappa shape index (κ2) is 5.69. The molecular formula is C21H19N. The third-order valence-electron chi connectivity index (χ3n) is 4.47. The lowest BCUT2D eigenvalue weighted by Crippen LogP contribution is -2.27. The average molecular weight is 285 g/mol. The molecule has 0 saturated heterocycles. The van der Waals surface area contributed by atoms with Crippen LogP contribution in [0.25, 0.3) is 0 Å². The molecule has 1 heterocycles. The van der Waals surface area contributed by atoms with Crippen LogP contribution >= 0.6 is 0 Å². The standard InChI is InChI=1S/C21H19N/c1-3-10-18(11-4-1)21(19-12-5-2-6-13-19)22-16-15-17-9-7-8-14-20(17)22/h1-14,21H,15-16H2. The van der Waals surface area contributed by atoms with E-state index in [-0.39, 0.29) is 6.04 Å². The minimum absolute atomic E-state index is 0.283. The molecule has 1 aliphatic rings. The number of benzene rings is 3. The quantitative estimate of drug-likeness (QED) is 0.665. The molecule has 0 unspecified atom stereocenters. The predicted molar refractivity (Wildman–Crippen MR) is 92.2 cm³/mol.